The van der Waals surface area contributed by atoms with Crippen LogP contribution in [0.3, 0.4) is 0 Å². The summed E-state index contributed by atoms with van der Waals surface area (Å²) in [5, 5.41) is 8.66. The minimum atomic E-state index is -4.74. The van der Waals surface area contributed by atoms with Crippen LogP contribution < -0.4 is 10.6 Å². The lowest BCUT2D eigenvalue weighted by Crippen LogP contribution is -2.49. The molecule has 33 heavy (non-hydrogen) atoms. The second-order valence-corrected chi connectivity index (χ2v) is 7.95. The fourth-order valence-electron chi connectivity index (χ4n) is 3.37. The third-order valence-corrected chi connectivity index (χ3v) is 5.17. The van der Waals surface area contributed by atoms with Crippen molar-refractivity contribution in [2.45, 2.75) is 25.2 Å². The molecule has 1 fully saturated rings. The molecule has 1 aliphatic rings. The second-order valence-electron chi connectivity index (χ2n) is 7.56. The highest BCUT2D eigenvalue weighted by molar-refractivity contribution is 6.29. The normalized spacial score (nSPS) is 19.0. The van der Waals surface area contributed by atoms with Crippen LogP contribution in [0.2, 0.25) is 5.15 Å². The van der Waals surface area contributed by atoms with Gasteiger partial charge in [-0.25, -0.2) is 19.0 Å². The summed E-state index contributed by atoms with van der Waals surface area (Å²) in [5.74, 6) is -1.70. The number of halogens is 5. The molecular formula is C19H18ClF4N7O2. The first-order valence-corrected chi connectivity index (χ1v) is 10.1. The van der Waals surface area contributed by atoms with E-state index >= 15 is 0 Å². The number of ether oxygens (including phenoxy) is 1. The molecule has 0 aliphatic carbocycles. The molecule has 0 spiro atoms. The Hall–Kier alpha value is -3.03. The van der Waals surface area contributed by atoms with Crippen LogP contribution in [0.25, 0.3) is 5.82 Å². The van der Waals surface area contributed by atoms with Gasteiger partial charge in [-0.1, -0.05) is 11.6 Å². The smallest absolute Gasteiger partial charge is 0.378 e. The van der Waals surface area contributed by atoms with E-state index < -0.39 is 40.8 Å². The first-order chi connectivity index (χ1) is 15.5. The summed E-state index contributed by atoms with van der Waals surface area (Å²) >= 11 is 5.53. The van der Waals surface area contributed by atoms with Crippen LogP contribution in [-0.4, -0.2) is 50.0 Å². The zero-order valence-electron chi connectivity index (χ0n) is 17.2. The number of nitrogens with one attached hydrogen (secondary N) is 2. The number of amides is 1. The van der Waals surface area contributed by atoms with Crippen molar-refractivity contribution < 1.29 is 27.1 Å². The van der Waals surface area contributed by atoms with Gasteiger partial charge in [0.1, 0.15) is 18.6 Å². The Morgan fingerprint density at radius 1 is 1.36 bits per heavy atom. The largest absolute Gasteiger partial charge is 0.433 e. The zero-order valence-corrected chi connectivity index (χ0v) is 17.9. The molecular weight excluding hydrogens is 470 g/mol. The van der Waals surface area contributed by atoms with E-state index in [0.29, 0.717) is 36.2 Å². The van der Waals surface area contributed by atoms with Crippen molar-refractivity contribution in [1.29, 1.82) is 0 Å². The van der Waals surface area contributed by atoms with Gasteiger partial charge in [0.15, 0.2) is 16.8 Å². The molecule has 0 saturated carbocycles. The van der Waals surface area contributed by atoms with Crippen LogP contribution in [0.1, 0.15) is 18.3 Å². The van der Waals surface area contributed by atoms with Crippen molar-refractivity contribution >= 4 is 23.2 Å². The molecule has 3 aromatic heterocycles. The van der Waals surface area contributed by atoms with E-state index in [-0.39, 0.29) is 11.5 Å². The van der Waals surface area contributed by atoms with E-state index in [1.807, 2.05) is 6.92 Å². The van der Waals surface area contributed by atoms with Crippen LogP contribution in [0.15, 0.2) is 30.9 Å². The lowest BCUT2D eigenvalue weighted by Gasteiger charge is -2.33. The standard InChI is InChI=1S/C19H18ClF4N7O2/c1-18(9-33-3-2-27-18)13-7-30(10-26-13)17-12(21)4-11(6-25-17)28-16(32)8-31-14(19(22,23)24)5-15(20)29-31/h4-7,10,27H,2-3,8-9H2,1H3,(H,28,32). The highest BCUT2D eigenvalue weighted by Gasteiger charge is 2.36. The van der Waals surface area contributed by atoms with Crippen LogP contribution in [0.5, 0.6) is 0 Å². The zero-order chi connectivity index (χ0) is 23.8. The SMILES string of the molecule is CC1(c2cn(-c3ncc(NC(=O)Cn4nc(Cl)cc4C(F)(F)F)cc3F)cn2)COCCN1. The fourth-order valence-corrected chi connectivity index (χ4v) is 3.57. The topological polar surface area (TPSA) is 98.9 Å². The summed E-state index contributed by atoms with van der Waals surface area (Å²) < 4.78 is 61.0. The summed E-state index contributed by atoms with van der Waals surface area (Å²) in [5.41, 5.74) is -1.11. The average molecular weight is 488 g/mol. The number of aromatic nitrogens is 5. The van der Waals surface area contributed by atoms with Crippen molar-refractivity contribution in [3.63, 3.8) is 0 Å². The van der Waals surface area contributed by atoms with Gasteiger partial charge in [-0.15, -0.1) is 0 Å². The number of rotatable bonds is 5. The molecule has 2 N–H and O–H groups in total. The quantitative estimate of drug-likeness (QED) is 0.537. The number of morpholine rings is 1. The Balaban J connectivity index is 1.47. The van der Waals surface area contributed by atoms with Gasteiger partial charge in [0, 0.05) is 24.9 Å². The molecule has 4 rings (SSSR count). The van der Waals surface area contributed by atoms with Gasteiger partial charge in [0.05, 0.1) is 36.3 Å². The Kier molecular flexibility index (Phi) is 6.12. The Morgan fingerprint density at radius 3 is 2.82 bits per heavy atom. The van der Waals surface area contributed by atoms with E-state index in [9.17, 15) is 22.4 Å². The number of anilines is 1. The lowest BCUT2D eigenvalue weighted by molar-refractivity contribution is -0.144. The molecule has 1 atom stereocenters. The second kappa shape index (κ2) is 8.72. The highest BCUT2D eigenvalue weighted by Crippen LogP contribution is 2.31. The van der Waals surface area contributed by atoms with E-state index in [2.05, 4.69) is 25.7 Å². The van der Waals surface area contributed by atoms with Crippen molar-refractivity contribution in [3.05, 3.63) is 53.2 Å². The van der Waals surface area contributed by atoms with Crippen molar-refractivity contribution in [1.82, 2.24) is 29.6 Å². The fraction of sp³-hybridized carbons (Fsp3) is 0.368. The number of carbonyl (C=O) groups excluding carboxylic acids is 1. The van der Waals surface area contributed by atoms with Gasteiger partial charge < -0.3 is 15.4 Å². The summed E-state index contributed by atoms with van der Waals surface area (Å²) in [6.45, 7) is 2.79. The number of nitrogens with zero attached hydrogens (tertiary/aromatic N) is 5. The first kappa shape index (κ1) is 23.1. The molecule has 0 aromatic carbocycles. The summed E-state index contributed by atoms with van der Waals surface area (Å²) in [4.78, 5) is 20.5. The molecule has 14 heteroatoms. The molecule has 1 amide bonds. The van der Waals surface area contributed by atoms with Gasteiger partial charge in [0.25, 0.3) is 0 Å². The van der Waals surface area contributed by atoms with Gasteiger partial charge in [0.2, 0.25) is 5.91 Å². The van der Waals surface area contributed by atoms with Crippen LogP contribution in [-0.2, 0) is 27.8 Å². The number of hydrogen-bond acceptors (Lipinski definition) is 6. The third kappa shape index (κ3) is 4.99. The van der Waals surface area contributed by atoms with E-state index in [0.717, 1.165) is 6.07 Å². The molecule has 1 saturated heterocycles. The molecule has 0 radical (unpaired) electrons. The van der Waals surface area contributed by atoms with Crippen molar-refractivity contribution in [2.75, 3.05) is 25.1 Å². The maximum absolute atomic E-state index is 14.7. The molecule has 176 valence electrons. The van der Waals surface area contributed by atoms with Crippen LogP contribution in [0, 0.1) is 5.82 Å². The molecule has 9 nitrogen and oxygen atoms in total. The van der Waals surface area contributed by atoms with E-state index in [1.165, 1.54) is 17.1 Å². The van der Waals surface area contributed by atoms with Crippen molar-refractivity contribution in [2.24, 2.45) is 0 Å². The van der Waals surface area contributed by atoms with Gasteiger partial charge in [-0.2, -0.15) is 18.3 Å². The summed E-state index contributed by atoms with van der Waals surface area (Å²) in [6.07, 6.45) is -0.539. The molecule has 1 aliphatic heterocycles. The molecule has 4 heterocycles. The number of hydrogen-bond donors (Lipinski definition) is 2. The minimum Gasteiger partial charge on any atom is -0.378 e. The Bertz CT molecular complexity index is 1170. The van der Waals surface area contributed by atoms with Crippen molar-refractivity contribution in [3.8, 4) is 5.82 Å². The Morgan fingerprint density at radius 2 is 2.15 bits per heavy atom. The number of carbonyl (C=O) groups is 1. The Labute approximate surface area is 189 Å². The van der Waals surface area contributed by atoms with Gasteiger partial charge in [-0.3, -0.25) is 9.36 Å². The number of pyridine rings is 1. The summed E-state index contributed by atoms with van der Waals surface area (Å²) in [7, 11) is 0. The predicted octanol–water partition coefficient (Wildman–Crippen LogP) is 2.75. The number of alkyl halides is 3. The third-order valence-electron chi connectivity index (χ3n) is 4.98. The average Bonchev–Trinajstić information content (AvgIpc) is 3.36. The lowest BCUT2D eigenvalue weighted by atomic mass is 9.99. The van der Waals surface area contributed by atoms with Crippen LogP contribution >= 0.6 is 11.6 Å². The summed E-state index contributed by atoms with van der Waals surface area (Å²) in [6, 6.07) is 1.62. The maximum Gasteiger partial charge on any atom is 0.433 e. The molecule has 0 bridgehead atoms. The maximum atomic E-state index is 14.7. The van der Waals surface area contributed by atoms with Gasteiger partial charge >= 0.3 is 6.18 Å². The van der Waals surface area contributed by atoms with E-state index in [1.54, 1.807) is 6.20 Å². The highest BCUT2D eigenvalue weighted by atomic mass is 35.5. The number of imidazole rings is 1. The molecule has 1 unspecified atom stereocenters. The van der Waals surface area contributed by atoms with Crippen LogP contribution in [0.4, 0.5) is 23.2 Å². The molecule has 3 aromatic rings. The monoisotopic (exact) mass is 487 g/mol. The predicted molar refractivity (Wildman–Crippen MR) is 108 cm³/mol. The van der Waals surface area contributed by atoms with E-state index in [4.69, 9.17) is 16.3 Å². The van der Waals surface area contributed by atoms with Gasteiger partial charge in [-0.05, 0) is 6.92 Å². The minimum absolute atomic E-state index is 0.0392. The first-order valence-electron chi connectivity index (χ1n) is 9.69.